The minimum atomic E-state index is 0.0364. The van der Waals surface area contributed by atoms with Gasteiger partial charge in [0.05, 0.1) is 0 Å². The number of unbranched alkanes of at least 4 members (excludes halogenated alkanes) is 3. The van der Waals surface area contributed by atoms with Gasteiger partial charge in [0, 0.05) is 39.8 Å². The number of hydrogen-bond acceptors (Lipinski definition) is 2. The van der Waals surface area contributed by atoms with Crippen molar-refractivity contribution in [2.45, 2.75) is 39.0 Å². The largest absolute Gasteiger partial charge is 0.356 e. The topological polar surface area (TPSA) is 56.7 Å². The number of nitrogens with one attached hydrogen (secondary N) is 2. The van der Waals surface area contributed by atoms with Gasteiger partial charge in [-0.05, 0) is 30.5 Å². The van der Waals surface area contributed by atoms with Crippen LogP contribution in [0.15, 0.2) is 29.3 Å². The summed E-state index contributed by atoms with van der Waals surface area (Å²) in [7, 11) is 5.33. The molecule has 0 aromatic heterocycles. The molecule has 2 N–H and O–H groups in total. The molecule has 0 spiro atoms. The Morgan fingerprint density at radius 1 is 1.12 bits per heavy atom. The van der Waals surface area contributed by atoms with Crippen LogP contribution in [-0.4, -0.2) is 51.0 Å². The summed E-state index contributed by atoms with van der Waals surface area (Å²) >= 11 is 0. The van der Waals surface area contributed by atoms with Crippen molar-refractivity contribution in [3.63, 3.8) is 0 Å². The summed E-state index contributed by atoms with van der Waals surface area (Å²) in [5.41, 5.74) is 1.88. The third-order valence-corrected chi connectivity index (χ3v) is 3.83. The smallest absolute Gasteiger partial charge is 0.253 e. The molecule has 134 valence electrons. The second-order valence-electron chi connectivity index (χ2n) is 6.14. The van der Waals surface area contributed by atoms with Crippen molar-refractivity contribution in [2.75, 3.05) is 34.2 Å². The summed E-state index contributed by atoms with van der Waals surface area (Å²) in [6.45, 7) is 3.95. The molecule has 0 aliphatic rings. The van der Waals surface area contributed by atoms with Gasteiger partial charge >= 0.3 is 0 Å². The minimum Gasteiger partial charge on any atom is -0.356 e. The lowest BCUT2D eigenvalue weighted by molar-refractivity contribution is 0.0827. The van der Waals surface area contributed by atoms with Gasteiger partial charge < -0.3 is 15.5 Å². The van der Waals surface area contributed by atoms with Crippen molar-refractivity contribution in [2.24, 2.45) is 4.99 Å². The maximum absolute atomic E-state index is 12.0. The number of rotatable bonds is 9. The molecule has 0 unspecified atom stereocenters. The number of hydrogen-bond donors (Lipinski definition) is 2. The number of carbonyl (C=O) groups is 1. The van der Waals surface area contributed by atoms with Crippen molar-refractivity contribution >= 4 is 11.9 Å². The molecular weight excluding hydrogens is 300 g/mol. The summed E-state index contributed by atoms with van der Waals surface area (Å²) < 4.78 is 0. The molecule has 1 amide bonds. The van der Waals surface area contributed by atoms with E-state index in [1.54, 1.807) is 26.0 Å². The molecule has 0 saturated carbocycles. The van der Waals surface area contributed by atoms with E-state index in [1.807, 2.05) is 18.2 Å². The predicted octanol–water partition coefficient (Wildman–Crippen LogP) is 2.68. The highest BCUT2D eigenvalue weighted by molar-refractivity contribution is 5.94. The quantitative estimate of drug-likeness (QED) is 0.415. The predicted molar refractivity (Wildman–Crippen MR) is 102 cm³/mol. The maximum atomic E-state index is 12.0. The van der Waals surface area contributed by atoms with Crippen LogP contribution in [0, 0.1) is 0 Å². The van der Waals surface area contributed by atoms with E-state index in [0.29, 0.717) is 0 Å². The Kier molecular flexibility index (Phi) is 9.58. The molecule has 0 fully saturated rings. The second kappa shape index (κ2) is 11.5. The summed E-state index contributed by atoms with van der Waals surface area (Å²) in [4.78, 5) is 17.8. The number of aliphatic imine (C=N–C) groups is 1. The molecule has 0 radical (unpaired) electrons. The van der Waals surface area contributed by atoms with Gasteiger partial charge in [-0.3, -0.25) is 9.79 Å². The maximum Gasteiger partial charge on any atom is 0.253 e. The number of guanidine groups is 1. The van der Waals surface area contributed by atoms with Gasteiger partial charge in [0.2, 0.25) is 0 Å². The van der Waals surface area contributed by atoms with E-state index in [9.17, 15) is 4.79 Å². The molecular formula is C19H32N4O. The van der Waals surface area contributed by atoms with Crippen molar-refractivity contribution in [3.05, 3.63) is 35.4 Å². The Bertz CT molecular complexity index is 526. The molecule has 5 heteroatoms. The van der Waals surface area contributed by atoms with E-state index < -0.39 is 0 Å². The summed E-state index contributed by atoms with van der Waals surface area (Å²) in [5, 5.41) is 6.66. The van der Waals surface area contributed by atoms with Gasteiger partial charge in [-0.15, -0.1) is 0 Å². The molecule has 0 saturated heterocycles. The number of carbonyl (C=O) groups excluding carboxylic acids is 1. The lowest BCUT2D eigenvalue weighted by Crippen LogP contribution is -2.38. The summed E-state index contributed by atoms with van der Waals surface area (Å²) in [5.74, 6) is 0.876. The fraction of sp³-hybridized carbons (Fsp3) is 0.579. The van der Waals surface area contributed by atoms with E-state index in [2.05, 4.69) is 28.6 Å². The van der Waals surface area contributed by atoms with Crippen LogP contribution in [0.25, 0.3) is 0 Å². The van der Waals surface area contributed by atoms with Crippen molar-refractivity contribution in [1.82, 2.24) is 15.5 Å². The Morgan fingerprint density at radius 3 is 2.54 bits per heavy atom. The van der Waals surface area contributed by atoms with Crippen LogP contribution in [-0.2, 0) is 6.42 Å². The van der Waals surface area contributed by atoms with Gasteiger partial charge in [-0.2, -0.15) is 0 Å². The van der Waals surface area contributed by atoms with Crippen LogP contribution in [0.4, 0.5) is 0 Å². The fourth-order valence-corrected chi connectivity index (χ4v) is 2.42. The van der Waals surface area contributed by atoms with Crippen molar-refractivity contribution in [1.29, 1.82) is 0 Å². The zero-order valence-corrected chi connectivity index (χ0v) is 15.6. The third-order valence-electron chi connectivity index (χ3n) is 3.83. The summed E-state index contributed by atoms with van der Waals surface area (Å²) in [6, 6.07) is 7.81. The first-order valence-corrected chi connectivity index (χ1v) is 8.83. The average Bonchev–Trinajstić information content (AvgIpc) is 2.59. The van der Waals surface area contributed by atoms with Crippen LogP contribution in [0.5, 0.6) is 0 Å². The molecule has 0 aliphatic heterocycles. The molecule has 1 aromatic rings. The molecule has 0 heterocycles. The number of amides is 1. The Morgan fingerprint density at radius 2 is 1.88 bits per heavy atom. The monoisotopic (exact) mass is 332 g/mol. The van der Waals surface area contributed by atoms with Gasteiger partial charge in [0.25, 0.3) is 5.91 Å². The molecule has 1 aromatic carbocycles. The van der Waals surface area contributed by atoms with Crippen LogP contribution in [0.1, 0.15) is 48.5 Å². The highest BCUT2D eigenvalue weighted by Gasteiger charge is 2.08. The average molecular weight is 332 g/mol. The Labute approximate surface area is 146 Å². The summed E-state index contributed by atoms with van der Waals surface area (Å²) in [6.07, 6.45) is 5.82. The highest BCUT2D eigenvalue weighted by Crippen LogP contribution is 2.07. The van der Waals surface area contributed by atoms with Crippen LogP contribution < -0.4 is 10.6 Å². The molecule has 0 bridgehead atoms. The number of benzene rings is 1. The zero-order valence-electron chi connectivity index (χ0n) is 15.6. The first-order chi connectivity index (χ1) is 11.6. The van der Waals surface area contributed by atoms with E-state index in [4.69, 9.17) is 0 Å². The van der Waals surface area contributed by atoms with E-state index >= 15 is 0 Å². The normalized spacial score (nSPS) is 11.2. The third kappa shape index (κ3) is 7.49. The standard InChI is InChI=1S/C19H32N4O/c1-5-6-7-8-13-21-19(20-2)22-14-12-16-10-9-11-17(15-16)18(24)23(3)4/h9-11,15H,5-8,12-14H2,1-4H3,(H2,20,21,22). The molecule has 0 aliphatic carbocycles. The fourth-order valence-electron chi connectivity index (χ4n) is 2.42. The van der Waals surface area contributed by atoms with Gasteiger partial charge in [0.1, 0.15) is 0 Å². The lowest BCUT2D eigenvalue weighted by atomic mass is 10.1. The van der Waals surface area contributed by atoms with Crippen molar-refractivity contribution < 1.29 is 4.79 Å². The van der Waals surface area contributed by atoms with Gasteiger partial charge in [0.15, 0.2) is 5.96 Å². The van der Waals surface area contributed by atoms with E-state index in [0.717, 1.165) is 36.6 Å². The SMILES string of the molecule is CCCCCCNC(=NC)NCCc1cccc(C(=O)N(C)C)c1. The molecule has 5 nitrogen and oxygen atoms in total. The van der Waals surface area contributed by atoms with E-state index in [-0.39, 0.29) is 5.91 Å². The first-order valence-electron chi connectivity index (χ1n) is 8.83. The van der Waals surface area contributed by atoms with Crippen LogP contribution in [0.2, 0.25) is 0 Å². The van der Waals surface area contributed by atoms with Crippen LogP contribution in [0.3, 0.4) is 0 Å². The Hall–Kier alpha value is -2.04. The van der Waals surface area contributed by atoms with Crippen molar-refractivity contribution in [3.8, 4) is 0 Å². The van der Waals surface area contributed by atoms with Crippen LogP contribution >= 0.6 is 0 Å². The number of nitrogens with zero attached hydrogens (tertiary/aromatic N) is 2. The van der Waals surface area contributed by atoms with Gasteiger partial charge in [-0.1, -0.05) is 38.3 Å². The lowest BCUT2D eigenvalue weighted by Gasteiger charge is -2.13. The minimum absolute atomic E-state index is 0.0364. The first kappa shape index (κ1) is 20.0. The molecule has 1 rings (SSSR count). The molecule has 0 atom stereocenters. The Balaban J connectivity index is 2.37. The zero-order chi connectivity index (χ0) is 17.8. The van der Waals surface area contributed by atoms with E-state index in [1.165, 1.54) is 25.7 Å². The molecule has 24 heavy (non-hydrogen) atoms. The highest BCUT2D eigenvalue weighted by atomic mass is 16.2. The second-order valence-corrected chi connectivity index (χ2v) is 6.14. The van der Waals surface area contributed by atoms with Gasteiger partial charge in [-0.25, -0.2) is 0 Å².